The normalized spacial score (nSPS) is 11.8. The lowest BCUT2D eigenvalue weighted by Gasteiger charge is -2.25. The number of aromatic nitrogens is 3. The molecule has 0 aliphatic rings. The third kappa shape index (κ3) is 4.73. The summed E-state index contributed by atoms with van der Waals surface area (Å²) in [6, 6.07) is 25.7. The van der Waals surface area contributed by atoms with Crippen molar-refractivity contribution in [3.63, 3.8) is 0 Å². The van der Waals surface area contributed by atoms with Crippen molar-refractivity contribution in [1.29, 1.82) is 0 Å². The van der Waals surface area contributed by atoms with Crippen molar-refractivity contribution in [3.8, 4) is 17.1 Å². The van der Waals surface area contributed by atoms with Crippen molar-refractivity contribution >= 4 is 17.7 Å². The maximum absolute atomic E-state index is 13.5. The fourth-order valence-corrected chi connectivity index (χ4v) is 4.24. The van der Waals surface area contributed by atoms with E-state index in [1.165, 1.54) is 23.9 Å². The van der Waals surface area contributed by atoms with Gasteiger partial charge < -0.3 is 4.90 Å². The van der Waals surface area contributed by atoms with E-state index in [-0.39, 0.29) is 23.5 Å². The van der Waals surface area contributed by atoms with E-state index >= 15 is 0 Å². The Kier molecular flexibility index (Phi) is 6.66. The first-order chi connectivity index (χ1) is 15.5. The Labute approximate surface area is 190 Å². The maximum Gasteiger partial charge on any atom is 0.233 e. The van der Waals surface area contributed by atoms with Gasteiger partial charge in [0, 0.05) is 18.3 Å². The van der Waals surface area contributed by atoms with Gasteiger partial charge in [0.1, 0.15) is 5.82 Å². The summed E-state index contributed by atoms with van der Waals surface area (Å²) in [6.07, 6.45) is 0. The van der Waals surface area contributed by atoms with Gasteiger partial charge in [-0.3, -0.25) is 9.36 Å². The Hall–Kier alpha value is -3.45. The molecule has 32 heavy (non-hydrogen) atoms. The zero-order chi connectivity index (χ0) is 22.5. The predicted molar refractivity (Wildman–Crippen MR) is 125 cm³/mol. The lowest BCUT2D eigenvalue weighted by Crippen LogP contribution is -2.31. The second-order valence-electron chi connectivity index (χ2n) is 7.36. The van der Waals surface area contributed by atoms with Crippen LogP contribution in [-0.2, 0) is 4.79 Å². The highest BCUT2D eigenvalue weighted by Crippen LogP contribution is 2.29. The molecule has 0 spiro atoms. The number of carbonyl (C=O) groups is 1. The van der Waals surface area contributed by atoms with E-state index in [1.54, 1.807) is 24.1 Å². The van der Waals surface area contributed by atoms with Gasteiger partial charge in [-0.1, -0.05) is 72.4 Å². The standard InChI is InChI=1S/C25H23FN4OS/c1-18(19-9-5-3-6-10-19)29(2)23(31)17-32-25-28-27-24(20-11-7-4-8-12-20)30(25)22-15-13-21(26)14-16-22/h3-16,18H,17H2,1-2H3. The van der Waals surface area contributed by atoms with Crippen LogP contribution in [0.2, 0.25) is 0 Å². The Balaban J connectivity index is 1.58. The molecule has 3 aromatic carbocycles. The van der Waals surface area contributed by atoms with E-state index in [9.17, 15) is 9.18 Å². The van der Waals surface area contributed by atoms with E-state index in [2.05, 4.69) is 10.2 Å². The minimum Gasteiger partial charge on any atom is -0.338 e. The van der Waals surface area contributed by atoms with Crippen LogP contribution in [0.5, 0.6) is 0 Å². The quantitative estimate of drug-likeness (QED) is 0.358. The first-order valence-electron chi connectivity index (χ1n) is 10.2. The van der Waals surface area contributed by atoms with Gasteiger partial charge in [0.25, 0.3) is 0 Å². The number of nitrogens with zero attached hydrogens (tertiary/aromatic N) is 4. The third-order valence-corrected chi connectivity index (χ3v) is 6.24. The summed E-state index contributed by atoms with van der Waals surface area (Å²) in [6.45, 7) is 2.01. The van der Waals surface area contributed by atoms with Gasteiger partial charge in [-0.25, -0.2) is 4.39 Å². The van der Waals surface area contributed by atoms with E-state index in [4.69, 9.17) is 0 Å². The molecule has 1 unspecified atom stereocenters. The molecule has 7 heteroatoms. The fraction of sp³-hybridized carbons (Fsp3) is 0.160. The second-order valence-corrected chi connectivity index (χ2v) is 8.31. The molecule has 0 fully saturated rings. The monoisotopic (exact) mass is 446 g/mol. The molecule has 1 atom stereocenters. The molecular weight excluding hydrogens is 423 g/mol. The largest absolute Gasteiger partial charge is 0.338 e. The molecule has 0 bridgehead atoms. The Morgan fingerprint density at radius 3 is 2.25 bits per heavy atom. The van der Waals surface area contributed by atoms with Gasteiger partial charge in [-0.2, -0.15) is 0 Å². The van der Waals surface area contributed by atoms with E-state index in [1.807, 2.05) is 72.2 Å². The van der Waals surface area contributed by atoms with Crippen molar-refractivity contribution in [2.75, 3.05) is 12.8 Å². The van der Waals surface area contributed by atoms with Crippen LogP contribution in [0.3, 0.4) is 0 Å². The van der Waals surface area contributed by atoms with Crippen LogP contribution in [-0.4, -0.2) is 38.4 Å². The van der Waals surface area contributed by atoms with Gasteiger partial charge >= 0.3 is 0 Å². The van der Waals surface area contributed by atoms with Crippen molar-refractivity contribution < 1.29 is 9.18 Å². The number of halogens is 1. The van der Waals surface area contributed by atoms with Gasteiger partial charge in [0.15, 0.2) is 11.0 Å². The number of rotatable bonds is 7. The molecule has 1 aromatic heterocycles. The number of carbonyl (C=O) groups excluding carboxylic acids is 1. The van der Waals surface area contributed by atoms with E-state index in [0.29, 0.717) is 11.0 Å². The Bertz CT molecular complexity index is 1180. The zero-order valence-corrected chi connectivity index (χ0v) is 18.7. The van der Waals surface area contributed by atoms with Crippen molar-refractivity contribution in [3.05, 3.63) is 96.3 Å². The lowest BCUT2D eigenvalue weighted by molar-refractivity contribution is -0.128. The summed E-state index contributed by atoms with van der Waals surface area (Å²) in [4.78, 5) is 14.6. The number of thioether (sulfide) groups is 1. The van der Waals surface area contributed by atoms with Crippen LogP contribution in [0.4, 0.5) is 4.39 Å². The summed E-state index contributed by atoms with van der Waals surface area (Å²) in [5.74, 6) is 0.519. The van der Waals surface area contributed by atoms with Crippen LogP contribution in [0.25, 0.3) is 17.1 Å². The summed E-state index contributed by atoms with van der Waals surface area (Å²) < 4.78 is 15.4. The molecule has 0 saturated carbocycles. The van der Waals surface area contributed by atoms with Crippen LogP contribution in [0.15, 0.2) is 90.1 Å². The average Bonchev–Trinajstić information content (AvgIpc) is 3.27. The zero-order valence-electron chi connectivity index (χ0n) is 17.9. The van der Waals surface area contributed by atoms with Crippen LogP contribution < -0.4 is 0 Å². The molecule has 0 N–H and O–H groups in total. The van der Waals surface area contributed by atoms with Crippen LogP contribution >= 0.6 is 11.8 Å². The first kappa shape index (κ1) is 21.8. The molecule has 4 rings (SSSR count). The third-order valence-electron chi connectivity index (χ3n) is 5.33. The molecule has 4 aromatic rings. The van der Waals surface area contributed by atoms with Crippen LogP contribution in [0.1, 0.15) is 18.5 Å². The fourth-order valence-electron chi connectivity index (χ4n) is 3.36. The maximum atomic E-state index is 13.5. The van der Waals surface area contributed by atoms with Gasteiger partial charge in [0.05, 0.1) is 11.8 Å². The number of hydrogen-bond acceptors (Lipinski definition) is 4. The molecule has 0 radical (unpaired) electrons. The van der Waals surface area contributed by atoms with Crippen molar-refractivity contribution in [2.24, 2.45) is 0 Å². The van der Waals surface area contributed by atoms with Crippen molar-refractivity contribution in [2.45, 2.75) is 18.1 Å². The molecule has 0 aliphatic carbocycles. The summed E-state index contributed by atoms with van der Waals surface area (Å²) in [7, 11) is 1.81. The first-order valence-corrected chi connectivity index (χ1v) is 11.2. The molecule has 0 aliphatic heterocycles. The Morgan fingerprint density at radius 2 is 1.59 bits per heavy atom. The smallest absolute Gasteiger partial charge is 0.233 e. The summed E-state index contributed by atoms with van der Waals surface area (Å²) in [5.41, 5.74) is 2.70. The topological polar surface area (TPSA) is 51.0 Å². The number of benzene rings is 3. The predicted octanol–water partition coefficient (Wildman–Crippen LogP) is 5.39. The summed E-state index contributed by atoms with van der Waals surface area (Å²) in [5, 5.41) is 9.27. The molecule has 0 saturated heterocycles. The number of hydrogen-bond donors (Lipinski definition) is 0. The Morgan fingerprint density at radius 1 is 0.969 bits per heavy atom. The van der Waals surface area contributed by atoms with Gasteiger partial charge in [-0.05, 0) is 36.8 Å². The highest BCUT2D eigenvalue weighted by molar-refractivity contribution is 7.99. The van der Waals surface area contributed by atoms with Gasteiger partial charge in [-0.15, -0.1) is 10.2 Å². The molecule has 1 amide bonds. The van der Waals surface area contributed by atoms with E-state index in [0.717, 1.165) is 16.8 Å². The molecule has 162 valence electrons. The minimum atomic E-state index is -0.316. The summed E-state index contributed by atoms with van der Waals surface area (Å²) >= 11 is 1.32. The lowest BCUT2D eigenvalue weighted by atomic mass is 10.1. The SMILES string of the molecule is CC(c1ccccc1)N(C)C(=O)CSc1nnc(-c2ccccc2)n1-c1ccc(F)cc1. The highest BCUT2D eigenvalue weighted by atomic mass is 32.2. The molecular formula is C25H23FN4OS. The number of amides is 1. The average molecular weight is 447 g/mol. The molecule has 5 nitrogen and oxygen atoms in total. The van der Waals surface area contributed by atoms with E-state index < -0.39 is 0 Å². The minimum absolute atomic E-state index is 0.0127. The second kappa shape index (κ2) is 9.78. The highest BCUT2D eigenvalue weighted by Gasteiger charge is 2.21. The van der Waals surface area contributed by atoms with Crippen molar-refractivity contribution in [1.82, 2.24) is 19.7 Å². The van der Waals surface area contributed by atoms with Gasteiger partial charge in [0.2, 0.25) is 5.91 Å². The molecule has 1 heterocycles. The van der Waals surface area contributed by atoms with Crippen LogP contribution in [0, 0.1) is 5.82 Å².